The average Bonchev–Trinajstić information content (AvgIpc) is 2.93. The van der Waals surface area contributed by atoms with Crippen molar-refractivity contribution in [3.8, 4) is 0 Å². The van der Waals surface area contributed by atoms with Crippen molar-refractivity contribution in [2.24, 2.45) is 0 Å². The number of para-hydroxylation sites is 1. The third-order valence-corrected chi connectivity index (χ3v) is 3.32. The van der Waals surface area contributed by atoms with Crippen LogP contribution in [0.1, 0.15) is 16.1 Å². The van der Waals surface area contributed by atoms with Crippen LogP contribution in [0, 0.1) is 17.0 Å². The van der Waals surface area contributed by atoms with Gasteiger partial charge in [0.25, 0.3) is 11.6 Å². The van der Waals surface area contributed by atoms with Crippen molar-refractivity contribution < 1.29 is 9.72 Å². The maximum atomic E-state index is 12.3. The molecule has 0 spiro atoms. The van der Waals surface area contributed by atoms with Crippen molar-refractivity contribution in [2.75, 3.05) is 5.32 Å². The van der Waals surface area contributed by atoms with Crippen LogP contribution in [0.25, 0.3) is 10.9 Å². The molecule has 110 valence electrons. The third kappa shape index (κ3) is 2.39. The summed E-state index contributed by atoms with van der Waals surface area (Å²) >= 11 is 0. The monoisotopic (exact) mass is 296 g/mol. The van der Waals surface area contributed by atoms with Crippen LogP contribution in [-0.2, 0) is 0 Å². The van der Waals surface area contributed by atoms with E-state index in [4.69, 9.17) is 0 Å². The number of amides is 1. The molecule has 22 heavy (non-hydrogen) atoms. The van der Waals surface area contributed by atoms with Gasteiger partial charge in [0.1, 0.15) is 17.0 Å². The van der Waals surface area contributed by atoms with Gasteiger partial charge in [0.05, 0.1) is 4.92 Å². The molecule has 1 amide bonds. The number of nitro benzene ring substituents is 1. The number of non-ortho nitro benzene ring substituents is 1. The van der Waals surface area contributed by atoms with E-state index in [1.807, 2.05) is 13.0 Å². The molecule has 0 aliphatic carbocycles. The number of carbonyl (C=O) groups excluding carboxylic acids is 1. The molecule has 7 nitrogen and oxygen atoms in total. The zero-order valence-electron chi connectivity index (χ0n) is 11.7. The summed E-state index contributed by atoms with van der Waals surface area (Å²) in [5.41, 5.74) is 1.34. The number of carbonyl (C=O) groups is 1. The minimum Gasteiger partial charge on any atom is -0.345 e. The van der Waals surface area contributed by atoms with Crippen molar-refractivity contribution in [2.45, 2.75) is 6.92 Å². The lowest BCUT2D eigenvalue weighted by atomic mass is 10.2. The van der Waals surface area contributed by atoms with Crippen LogP contribution in [0.4, 0.5) is 11.5 Å². The van der Waals surface area contributed by atoms with Crippen LogP contribution in [0.5, 0.6) is 0 Å². The highest BCUT2D eigenvalue weighted by molar-refractivity contribution is 6.06. The quantitative estimate of drug-likeness (QED) is 0.573. The zero-order chi connectivity index (χ0) is 15.7. The number of aryl methyl sites for hydroxylation is 1. The van der Waals surface area contributed by atoms with Gasteiger partial charge in [0.15, 0.2) is 0 Å². The maximum absolute atomic E-state index is 12.3. The highest BCUT2D eigenvalue weighted by atomic mass is 16.6. The minimum absolute atomic E-state index is 0.0643. The Balaban J connectivity index is 1.97. The molecule has 0 fully saturated rings. The summed E-state index contributed by atoms with van der Waals surface area (Å²) in [7, 11) is 0. The largest absolute Gasteiger partial charge is 0.345 e. The normalized spacial score (nSPS) is 10.6. The van der Waals surface area contributed by atoms with Crippen molar-refractivity contribution >= 4 is 28.3 Å². The molecule has 0 saturated heterocycles. The smallest absolute Gasteiger partial charge is 0.293 e. The molecule has 0 saturated carbocycles. The van der Waals surface area contributed by atoms with Crippen LogP contribution in [0.3, 0.4) is 0 Å². The summed E-state index contributed by atoms with van der Waals surface area (Å²) in [6.45, 7) is 1.83. The van der Waals surface area contributed by atoms with E-state index in [1.165, 1.54) is 6.07 Å². The number of aromatic nitrogens is 2. The number of fused-ring (bicyclic) bond motifs is 1. The van der Waals surface area contributed by atoms with Gasteiger partial charge in [-0.25, -0.2) is 4.98 Å². The molecule has 2 N–H and O–H groups in total. The molecule has 3 rings (SSSR count). The molecule has 0 unspecified atom stereocenters. The first-order chi connectivity index (χ1) is 10.6. The first-order valence-electron chi connectivity index (χ1n) is 6.55. The first-order valence-corrected chi connectivity index (χ1v) is 6.55. The SMILES string of the molecule is Cc1cccnc1NC(=O)c1cc2cccc([N+](=O)[O-])c2[nH]1. The number of hydrogen-bond acceptors (Lipinski definition) is 4. The number of nitro groups is 1. The maximum Gasteiger partial charge on any atom is 0.293 e. The van der Waals surface area contributed by atoms with E-state index in [2.05, 4.69) is 15.3 Å². The molecule has 1 aromatic carbocycles. The lowest BCUT2D eigenvalue weighted by molar-refractivity contribution is -0.383. The molecule has 2 heterocycles. The van der Waals surface area contributed by atoms with Crippen molar-refractivity contribution in [3.05, 3.63) is 64.0 Å². The number of aromatic amines is 1. The molecule has 0 aliphatic heterocycles. The van der Waals surface area contributed by atoms with Crippen LogP contribution < -0.4 is 5.32 Å². The number of H-pyrrole nitrogens is 1. The van der Waals surface area contributed by atoms with Gasteiger partial charge < -0.3 is 10.3 Å². The zero-order valence-corrected chi connectivity index (χ0v) is 11.7. The summed E-state index contributed by atoms with van der Waals surface area (Å²) in [4.78, 5) is 29.7. The van der Waals surface area contributed by atoms with Crippen LogP contribution in [0.2, 0.25) is 0 Å². The molecule has 3 aromatic rings. The van der Waals surface area contributed by atoms with E-state index in [0.29, 0.717) is 16.7 Å². The molecule has 2 aromatic heterocycles. The van der Waals surface area contributed by atoms with Crippen LogP contribution in [-0.4, -0.2) is 20.8 Å². The summed E-state index contributed by atoms with van der Waals surface area (Å²) in [6, 6.07) is 9.87. The number of benzene rings is 1. The fourth-order valence-electron chi connectivity index (χ4n) is 2.21. The van der Waals surface area contributed by atoms with E-state index in [1.54, 1.807) is 30.5 Å². The fraction of sp³-hybridized carbons (Fsp3) is 0.0667. The summed E-state index contributed by atoms with van der Waals surface area (Å²) in [5, 5.41) is 14.3. The Labute approximate surface area is 125 Å². The molecular weight excluding hydrogens is 284 g/mol. The van der Waals surface area contributed by atoms with E-state index in [0.717, 1.165) is 5.56 Å². The third-order valence-electron chi connectivity index (χ3n) is 3.32. The van der Waals surface area contributed by atoms with Gasteiger partial charge in [-0.05, 0) is 24.6 Å². The Morgan fingerprint density at radius 1 is 1.32 bits per heavy atom. The summed E-state index contributed by atoms with van der Waals surface area (Å²) in [5.74, 6) is 0.0629. The van der Waals surface area contributed by atoms with Gasteiger partial charge in [-0.1, -0.05) is 18.2 Å². The highest BCUT2D eigenvalue weighted by Gasteiger charge is 2.17. The van der Waals surface area contributed by atoms with Gasteiger partial charge in [0.2, 0.25) is 0 Å². The minimum atomic E-state index is -0.483. The Hall–Kier alpha value is -3.22. The number of rotatable bonds is 3. The van der Waals surface area contributed by atoms with Gasteiger partial charge in [0, 0.05) is 17.6 Å². The number of hydrogen-bond donors (Lipinski definition) is 2. The standard InChI is InChI=1S/C15H12N4O3/c1-9-4-3-7-16-14(9)18-15(20)11-8-10-5-2-6-12(19(21)22)13(10)17-11/h2-8,17H,1H3,(H,16,18,20). The van der Waals surface area contributed by atoms with Crippen LogP contribution in [0.15, 0.2) is 42.6 Å². The molecule has 0 atom stereocenters. The number of anilines is 1. The first kappa shape index (κ1) is 13.7. The molecular formula is C15H12N4O3. The molecule has 7 heteroatoms. The Kier molecular flexibility index (Phi) is 3.30. The van der Waals surface area contributed by atoms with E-state index >= 15 is 0 Å². The molecule has 0 bridgehead atoms. The number of nitrogens with one attached hydrogen (secondary N) is 2. The Morgan fingerprint density at radius 3 is 2.86 bits per heavy atom. The fourth-order valence-corrected chi connectivity index (χ4v) is 2.21. The highest BCUT2D eigenvalue weighted by Crippen LogP contribution is 2.25. The Morgan fingerprint density at radius 2 is 2.14 bits per heavy atom. The second-order valence-corrected chi connectivity index (χ2v) is 4.80. The predicted molar refractivity (Wildman–Crippen MR) is 81.9 cm³/mol. The van der Waals surface area contributed by atoms with Crippen molar-refractivity contribution in [3.63, 3.8) is 0 Å². The lowest BCUT2D eigenvalue weighted by Gasteiger charge is -2.05. The van der Waals surface area contributed by atoms with E-state index in [-0.39, 0.29) is 11.4 Å². The van der Waals surface area contributed by atoms with E-state index < -0.39 is 10.8 Å². The van der Waals surface area contributed by atoms with E-state index in [9.17, 15) is 14.9 Å². The van der Waals surface area contributed by atoms with Crippen LogP contribution >= 0.6 is 0 Å². The predicted octanol–water partition coefficient (Wildman–Crippen LogP) is 3.03. The lowest BCUT2D eigenvalue weighted by Crippen LogP contribution is -2.14. The van der Waals surface area contributed by atoms with Gasteiger partial charge in [-0.3, -0.25) is 14.9 Å². The van der Waals surface area contributed by atoms with Gasteiger partial charge in [-0.2, -0.15) is 0 Å². The number of nitrogens with zero attached hydrogens (tertiary/aromatic N) is 2. The topological polar surface area (TPSA) is 101 Å². The second kappa shape index (κ2) is 5.28. The Bertz CT molecular complexity index is 885. The molecule has 0 radical (unpaired) electrons. The molecule has 0 aliphatic rings. The average molecular weight is 296 g/mol. The number of pyridine rings is 1. The second-order valence-electron chi connectivity index (χ2n) is 4.80. The van der Waals surface area contributed by atoms with Crippen molar-refractivity contribution in [1.82, 2.24) is 9.97 Å². The summed E-state index contributed by atoms with van der Waals surface area (Å²) in [6.07, 6.45) is 1.58. The van der Waals surface area contributed by atoms with Crippen molar-refractivity contribution in [1.29, 1.82) is 0 Å². The summed E-state index contributed by atoms with van der Waals surface area (Å²) < 4.78 is 0. The van der Waals surface area contributed by atoms with Gasteiger partial charge >= 0.3 is 0 Å². The van der Waals surface area contributed by atoms with Gasteiger partial charge in [-0.15, -0.1) is 0 Å².